The first-order chi connectivity index (χ1) is 8.70. The summed E-state index contributed by atoms with van der Waals surface area (Å²) in [7, 11) is 1.59. The molecule has 1 aromatic heterocycles. The Balaban J connectivity index is 2.60. The van der Waals surface area contributed by atoms with Crippen LogP contribution in [0.15, 0.2) is 41.2 Å². The van der Waals surface area contributed by atoms with Crippen molar-refractivity contribution in [1.82, 2.24) is 4.98 Å². The summed E-state index contributed by atoms with van der Waals surface area (Å²) in [5, 5.41) is 2.88. The highest BCUT2D eigenvalue weighted by molar-refractivity contribution is 6.36. The molecule has 0 fully saturated rings. The molecule has 0 aliphatic carbocycles. The van der Waals surface area contributed by atoms with Crippen LogP contribution >= 0.6 is 11.6 Å². The van der Waals surface area contributed by atoms with Crippen LogP contribution in [0.2, 0.25) is 5.02 Å². The monoisotopic (exact) mass is 259 g/mol. The molecule has 0 atom stereocenters. The van der Waals surface area contributed by atoms with Crippen LogP contribution < -0.4 is 10.3 Å². The quantitative estimate of drug-likeness (QED) is 0.681. The molecule has 0 aliphatic heterocycles. The number of fused-ring (bicyclic) bond motifs is 3. The maximum absolute atomic E-state index is 12.0. The van der Waals surface area contributed by atoms with Crippen LogP contribution in [0.3, 0.4) is 0 Å². The van der Waals surface area contributed by atoms with Gasteiger partial charge in [-0.3, -0.25) is 4.79 Å². The highest BCUT2D eigenvalue weighted by atomic mass is 35.5. The number of methoxy groups -OCH3 is 1. The van der Waals surface area contributed by atoms with Crippen LogP contribution in [0.4, 0.5) is 0 Å². The number of pyridine rings is 1. The number of nitrogens with one attached hydrogen (secondary N) is 1. The first-order valence-electron chi connectivity index (χ1n) is 5.49. The Morgan fingerprint density at radius 3 is 2.56 bits per heavy atom. The van der Waals surface area contributed by atoms with Gasteiger partial charge in [0.2, 0.25) is 0 Å². The lowest BCUT2D eigenvalue weighted by molar-refractivity contribution is 0.415. The van der Waals surface area contributed by atoms with Gasteiger partial charge in [-0.25, -0.2) is 0 Å². The summed E-state index contributed by atoms with van der Waals surface area (Å²) in [6, 6.07) is 11.0. The van der Waals surface area contributed by atoms with Crippen molar-refractivity contribution in [3.8, 4) is 5.75 Å². The Morgan fingerprint density at radius 2 is 1.83 bits per heavy atom. The first-order valence-corrected chi connectivity index (χ1v) is 5.87. The zero-order chi connectivity index (χ0) is 12.7. The third kappa shape index (κ3) is 1.56. The van der Waals surface area contributed by atoms with Gasteiger partial charge < -0.3 is 9.72 Å². The summed E-state index contributed by atoms with van der Waals surface area (Å²) in [6.07, 6.45) is 0. The number of rotatable bonds is 1. The van der Waals surface area contributed by atoms with Crippen molar-refractivity contribution >= 4 is 33.3 Å². The number of hydrogen-bond acceptors (Lipinski definition) is 2. The Labute approximate surface area is 108 Å². The number of halogens is 1. The Bertz CT molecular complexity index is 808. The molecule has 0 aliphatic rings. The molecule has 0 saturated heterocycles. The lowest BCUT2D eigenvalue weighted by atomic mass is 10.1. The Kier molecular flexibility index (Phi) is 2.49. The van der Waals surface area contributed by atoms with Crippen LogP contribution in [0.1, 0.15) is 0 Å². The first kappa shape index (κ1) is 11.1. The van der Waals surface area contributed by atoms with E-state index in [0.29, 0.717) is 21.7 Å². The van der Waals surface area contributed by atoms with E-state index in [4.69, 9.17) is 16.3 Å². The zero-order valence-corrected chi connectivity index (χ0v) is 10.4. The van der Waals surface area contributed by atoms with Crippen LogP contribution in [0.5, 0.6) is 5.75 Å². The maximum atomic E-state index is 12.0. The van der Waals surface area contributed by atoms with E-state index in [9.17, 15) is 4.79 Å². The molecule has 0 bridgehead atoms. The van der Waals surface area contributed by atoms with E-state index >= 15 is 0 Å². The van der Waals surface area contributed by atoms with Crippen molar-refractivity contribution in [3.05, 3.63) is 51.8 Å². The van der Waals surface area contributed by atoms with Gasteiger partial charge in [0.1, 0.15) is 5.75 Å². The van der Waals surface area contributed by atoms with Crippen molar-refractivity contribution in [3.63, 3.8) is 0 Å². The van der Waals surface area contributed by atoms with Gasteiger partial charge in [0.05, 0.1) is 17.6 Å². The molecule has 3 rings (SSSR count). The molecule has 3 aromatic rings. The van der Waals surface area contributed by atoms with Crippen LogP contribution in [0, 0.1) is 0 Å². The van der Waals surface area contributed by atoms with Crippen molar-refractivity contribution in [2.24, 2.45) is 0 Å². The molecule has 3 nitrogen and oxygen atoms in total. The second kappa shape index (κ2) is 4.03. The highest BCUT2D eigenvalue weighted by Gasteiger charge is 2.09. The molecule has 1 N–H and O–H groups in total. The smallest absolute Gasteiger partial charge is 0.256 e. The van der Waals surface area contributed by atoms with E-state index in [2.05, 4.69) is 4.98 Å². The van der Waals surface area contributed by atoms with Gasteiger partial charge in [0.15, 0.2) is 0 Å². The largest absolute Gasteiger partial charge is 0.497 e. The number of aromatic nitrogens is 1. The van der Waals surface area contributed by atoms with Crippen LogP contribution in [-0.2, 0) is 0 Å². The third-order valence-electron chi connectivity index (χ3n) is 3.00. The topological polar surface area (TPSA) is 42.1 Å². The lowest BCUT2D eigenvalue weighted by Gasteiger charge is -2.07. The fraction of sp³-hybridized carbons (Fsp3) is 0.0714. The second-order valence-corrected chi connectivity index (χ2v) is 4.44. The Hall–Kier alpha value is -2.00. The minimum absolute atomic E-state index is 0.134. The van der Waals surface area contributed by atoms with Gasteiger partial charge in [-0.05, 0) is 17.5 Å². The van der Waals surface area contributed by atoms with Gasteiger partial charge >= 0.3 is 0 Å². The van der Waals surface area contributed by atoms with Gasteiger partial charge in [0, 0.05) is 16.8 Å². The number of H-pyrrole nitrogens is 1. The van der Waals surface area contributed by atoms with E-state index in [1.54, 1.807) is 19.2 Å². The minimum atomic E-state index is -0.134. The molecule has 90 valence electrons. The second-order valence-electron chi connectivity index (χ2n) is 4.03. The van der Waals surface area contributed by atoms with Crippen LogP contribution in [0.25, 0.3) is 21.7 Å². The molecular formula is C14H10ClNO2. The van der Waals surface area contributed by atoms with Crippen molar-refractivity contribution in [2.45, 2.75) is 0 Å². The fourth-order valence-corrected chi connectivity index (χ4v) is 2.39. The summed E-state index contributed by atoms with van der Waals surface area (Å²) in [5.74, 6) is 0.671. The minimum Gasteiger partial charge on any atom is -0.497 e. The van der Waals surface area contributed by atoms with Gasteiger partial charge in [-0.15, -0.1) is 0 Å². The average Bonchev–Trinajstić information content (AvgIpc) is 2.40. The highest BCUT2D eigenvalue weighted by Crippen LogP contribution is 2.30. The average molecular weight is 260 g/mol. The van der Waals surface area contributed by atoms with Gasteiger partial charge in [0.25, 0.3) is 5.56 Å². The summed E-state index contributed by atoms with van der Waals surface area (Å²) in [4.78, 5) is 14.8. The van der Waals surface area contributed by atoms with E-state index < -0.39 is 0 Å². The maximum Gasteiger partial charge on any atom is 0.256 e. The molecule has 4 heteroatoms. The molecule has 1 heterocycles. The molecule has 0 saturated carbocycles. The summed E-state index contributed by atoms with van der Waals surface area (Å²) in [5.41, 5.74) is 0.506. The molecule has 0 radical (unpaired) electrons. The van der Waals surface area contributed by atoms with E-state index in [0.717, 1.165) is 10.8 Å². The number of hydrogen-bond donors (Lipinski definition) is 1. The van der Waals surface area contributed by atoms with Crippen molar-refractivity contribution < 1.29 is 4.74 Å². The summed E-state index contributed by atoms with van der Waals surface area (Å²) >= 11 is 6.16. The Morgan fingerprint density at radius 1 is 1.11 bits per heavy atom. The molecular weight excluding hydrogens is 250 g/mol. The van der Waals surface area contributed by atoms with Crippen molar-refractivity contribution in [2.75, 3.05) is 7.11 Å². The standard InChI is InChI=1S/C14H10ClNO2/c1-18-8-6-11-9-4-2-3-5-10(9)14(17)16-13(11)12(15)7-8/h2-7H,1H3,(H,16,17). The molecule has 0 spiro atoms. The normalized spacial score (nSPS) is 11.0. The van der Waals surface area contributed by atoms with E-state index in [1.165, 1.54) is 0 Å². The summed E-state index contributed by atoms with van der Waals surface area (Å²) < 4.78 is 5.21. The number of ether oxygens (including phenoxy) is 1. The molecule has 2 aromatic carbocycles. The lowest BCUT2D eigenvalue weighted by Crippen LogP contribution is -2.06. The predicted molar refractivity (Wildman–Crippen MR) is 73.6 cm³/mol. The van der Waals surface area contributed by atoms with Gasteiger partial charge in [-0.2, -0.15) is 0 Å². The number of benzene rings is 2. The fourth-order valence-electron chi connectivity index (χ4n) is 2.14. The number of aromatic amines is 1. The SMILES string of the molecule is COc1cc(Cl)c2[nH]c(=O)c3ccccc3c2c1. The molecule has 0 unspecified atom stereocenters. The van der Waals surface area contributed by atoms with E-state index in [-0.39, 0.29) is 5.56 Å². The molecule has 18 heavy (non-hydrogen) atoms. The third-order valence-corrected chi connectivity index (χ3v) is 3.30. The predicted octanol–water partition coefficient (Wildman–Crippen LogP) is 3.34. The molecule has 0 amide bonds. The van der Waals surface area contributed by atoms with Gasteiger partial charge in [-0.1, -0.05) is 29.8 Å². The van der Waals surface area contributed by atoms with Crippen molar-refractivity contribution in [1.29, 1.82) is 0 Å². The zero-order valence-electron chi connectivity index (χ0n) is 9.66. The van der Waals surface area contributed by atoms with Crippen LogP contribution in [-0.4, -0.2) is 12.1 Å². The summed E-state index contributed by atoms with van der Waals surface area (Å²) in [6.45, 7) is 0. The van der Waals surface area contributed by atoms with E-state index in [1.807, 2.05) is 24.3 Å².